The number of nitrogens with zero attached hydrogens (tertiary/aromatic N) is 2. The minimum atomic E-state index is -3.71. The van der Waals surface area contributed by atoms with Crippen LogP contribution in [0.1, 0.15) is 64.8 Å². The number of benzene rings is 2. The second-order valence-electron chi connectivity index (χ2n) is 12.8. The van der Waals surface area contributed by atoms with Gasteiger partial charge in [0, 0.05) is 30.7 Å². The van der Waals surface area contributed by atoms with Crippen LogP contribution < -0.4 is 0 Å². The third-order valence-corrected chi connectivity index (χ3v) is 12.7. The summed E-state index contributed by atoms with van der Waals surface area (Å²) >= 11 is 3.22. The number of aliphatic hydroxyl groups is 2. The van der Waals surface area contributed by atoms with Gasteiger partial charge in [0.25, 0.3) is 0 Å². The Hall–Kier alpha value is -2.33. The minimum absolute atomic E-state index is 0.0404. The molecule has 2 N–H and O–H groups in total. The van der Waals surface area contributed by atoms with Gasteiger partial charge in [0.2, 0.25) is 20.0 Å². The van der Waals surface area contributed by atoms with E-state index in [0.29, 0.717) is 61.7 Å². The molecule has 2 aromatic carbocycles. The fourth-order valence-corrected chi connectivity index (χ4v) is 9.70. The molecule has 3 saturated heterocycles. The van der Waals surface area contributed by atoms with Crippen molar-refractivity contribution in [3.8, 4) is 0 Å². The molecule has 2 atom stereocenters. The van der Waals surface area contributed by atoms with Crippen LogP contribution in [-0.4, -0.2) is 122 Å². The topological polar surface area (TPSA) is 196 Å². The number of aryl methyl sites for hydroxylation is 1. The highest BCUT2D eigenvalue weighted by Crippen LogP contribution is 2.26. The van der Waals surface area contributed by atoms with E-state index in [0.717, 1.165) is 0 Å². The van der Waals surface area contributed by atoms with Gasteiger partial charge in [0.1, 0.15) is 0 Å². The Morgan fingerprint density at radius 3 is 1.49 bits per heavy atom. The molecule has 0 amide bonds. The van der Waals surface area contributed by atoms with Crippen LogP contribution in [0.2, 0.25) is 20.5 Å². The van der Waals surface area contributed by atoms with Crippen molar-refractivity contribution in [1.29, 1.82) is 0 Å². The molecular weight excluding hydrogens is 797 g/mol. The van der Waals surface area contributed by atoms with Crippen molar-refractivity contribution in [2.24, 2.45) is 0 Å². The molecule has 0 saturated carbocycles. The van der Waals surface area contributed by atoms with Gasteiger partial charge in [-0.3, -0.25) is 0 Å². The molecule has 0 bridgehead atoms. The molecule has 21 heteroatoms. The Bertz CT molecular complexity index is 1630. The van der Waals surface area contributed by atoms with Crippen molar-refractivity contribution in [1.82, 2.24) is 8.61 Å². The maximum atomic E-state index is 12.8. The van der Waals surface area contributed by atoms with Crippen LogP contribution in [0.4, 0.5) is 0 Å². The SMILES string of the molecule is CB1OB(C)OB(C)O1.COC(=O)c1cc(Br)cc(S(=O)(=O)N2CCCC(O)CC2)c1.COC(=O)c1cc(C)cc(S(=O)(=O)N2CCCC(O)CC2)c1. The van der Waals surface area contributed by atoms with Gasteiger partial charge in [-0.15, -0.1) is 0 Å². The van der Waals surface area contributed by atoms with Crippen molar-refractivity contribution < 1.29 is 59.8 Å². The van der Waals surface area contributed by atoms with Crippen LogP contribution in [-0.2, 0) is 43.2 Å². The molecular formula is C32H48B3BrN2O13S2. The third-order valence-electron chi connectivity index (χ3n) is 8.50. The summed E-state index contributed by atoms with van der Waals surface area (Å²) in [5.41, 5.74) is 1.07. The van der Waals surface area contributed by atoms with Gasteiger partial charge in [0.15, 0.2) is 0 Å². The van der Waals surface area contributed by atoms with Crippen LogP contribution >= 0.6 is 15.9 Å². The zero-order valence-electron chi connectivity index (χ0n) is 30.9. The third kappa shape index (κ3) is 13.4. The van der Waals surface area contributed by atoms with Crippen LogP contribution in [0.25, 0.3) is 0 Å². The Morgan fingerprint density at radius 1 is 0.679 bits per heavy atom. The van der Waals surface area contributed by atoms with Gasteiger partial charge < -0.3 is 33.4 Å². The van der Waals surface area contributed by atoms with Crippen molar-refractivity contribution in [3.63, 3.8) is 0 Å². The summed E-state index contributed by atoms with van der Waals surface area (Å²) < 4.78 is 78.8. The maximum absolute atomic E-state index is 12.8. The summed E-state index contributed by atoms with van der Waals surface area (Å²) in [5, 5.41) is 19.3. The molecule has 2 aromatic rings. The highest BCUT2D eigenvalue weighted by Gasteiger charge is 2.32. The molecule has 0 spiro atoms. The van der Waals surface area contributed by atoms with Crippen molar-refractivity contribution in [2.45, 2.75) is 87.9 Å². The number of halogens is 1. The number of carbonyl (C=O) groups is 2. The predicted molar refractivity (Wildman–Crippen MR) is 203 cm³/mol. The molecule has 3 aliphatic heterocycles. The lowest BCUT2D eigenvalue weighted by atomic mass is 9.74. The highest BCUT2D eigenvalue weighted by molar-refractivity contribution is 9.10. The van der Waals surface area contributed by atoms with E-state index in [2.05, 4.69) is 25.4 Å². The van der Waals surface area contributed by atoms with Gasteiger partial charge in [0.05, 0.1) is 47.3 Å². The lowest BCUT2D eigenvalue weighted by Crippen LogP contribution is -2.44. The summed E-state index contributed by atoms with van der Waals surface area (Å²) in [6.07, 6.45) is 2.35. The largest absolute Gasteiger partial charge is 0.465 e. The lowest BCUT2D eigenvalue weighted by molar-refractivity contribution is 0.0591. The van der Waals surface area contributed by atoms with Crippen LogP contribution in [0.3, 0.4) is 0 Å². The monoisotopic (exact) mass is 844 g/mol. The predicted octanol–water partition coefficient (Wildman–Crippen LogP) is 3.49. The number of sulfonamides is 2. The highest BCUT2D eigenvalue weighted by atomic mass is 79.9. The van der Waals surface area contributed by atoms with Crippen molar-refractivity contribution >= 4 is 69.3 Å². The summed E-state index contributed by atoms with van der Waals surface area (Å²) in [6.45, 7) is 8.59. The minimum Gasteiger partial charge on any atom is -0.465 e. The van der Waals surface area contributed by atoms with Crippen LogP contribution in [0.15, 0.2) is 50.7 Å². The maximum Gasteiger partial charge on any atom is 0.426 e. The molecule has 15 nitrogen and oxygen atoms in total. The first-order chi connectivity index (χ1) is 24.9. The van der Waals surface area contributed by atoms with E-state index < -0.39 is 44.2 Å². The smallest absolute Gasteiger partial charge is 0.426 e. The summed E-state index contributed by atoms with van der Waals surface area (Å²) in [4.78, 5) is 23.4. The number of carbonyl (C=O) groups excluding carboxylic acids is 2. The van der Waals surface area contributed by atoms with E-state index in [-0.39, 0.29) is 55.4 Å². The molecule has 53 heavy (non-hydrogen) atoms. The van der Waals surface area contributed by atoms with Crippen LogP contribution in [0.5, 0.6) is 0 Å². The molecule has 0 aliphatic carbocycles. The fraction of sp³-hybridized carbons (Fsp3) is 0.562. The van der Waals surface area contributed by atoms with E-state index in [4.69, 9.17) is 13.7 Å². The number of esters is 2. The number of hydrogen-bond acceptors (Lipinski definition) is 13. The first kappa shape index (κ1) is 45.1. The Kier molecular flexibility index (Phi) is 17.5. The zero-order chi connectivity index (χ0) is 39.5. The van der Waals surface area contributed by atoms with Gasteiger partial charge in [-0.1, -0.05) is 15.9 Å². The first-order valence-corrected chi connectivity index (χ1v) is 21.0. The molecule has 5 rings (SSSR count). The lowest BCUT2D eigenvalue weighted by Gasteiger charge is -2.25. The van der Waals surface area contributed by atoms with Gasteiger partial charge >= 0.3 is 33.3 Å². The van der Waals surface area contributed by atoms with E-state index >= 15 is 0 Å². The van der Waals surface area contributed by atoms with Crippen molar-refractivity contribution in [3.05, 3.63) is 57.6 Å². The molecule has 3 heterocycles. The second kappa shape index (κ2) is 20.6. The molecule has 3 aliphatic rings. The molecule has 0 aromatic heterocycles. The van der Waals surface area contributed by atoms with Crippen molar-refractivity contribution in [2.75, 3.05) is 40.4 Å². The normalized spacial score (nSPS) is 20.5. The number of rotatable bonds is 6. The number of hydrogen-bond donors (Lipinski definition) is 2. The quantitative estimate of drug-likeness (QED) is 0.317. The van der Waals surface area contributed by atoms with E-state index in [1.807, 2.05) is 20.5 Å². The van der Waals surface area contributed by atoms with E-state index in [9.17, 15) is 36.6 Å². The Morgan fingerprint density at radius 2 is 1.08 bits per heavy atom. The zero-order valence-corrected chi connectivity index (χ0v) is 34.1. The van der Waals surface area contributed by atoms with Gasteiger partial charge in [-0.2, -0.15) is 8.61 Å². The molecule has 292 valence electrons. The molecule has 2 unspecified atom stereocenters. The van der Waals surface area contributed by atoms with E-state index in [1.165, 1.54) is 47.1 Å². The first-order valence-electron chi connectivity index (χ1n) is 17.3. The van der Waals surface area contributed by atoms with Gasteiger partial charge in [-0.25, -0.2) is 26.4 Å². The number of methoxy groups -OCH3 is 2. The average molecular weight is 845 g/mol. The summed E-state index contributed by atoms with van der Waals surface area (Å²) in [5.74, 6) is -1.16. The second-order valence-corrected chi connectivity index (χ2v) is 17.6. The average Bonchev–Trinajstić information content (AvgIpc) is 3.47. The van der Waals surface area contributed by atoms with Gasteiger partial charge in [-0.05, 0) is 108 Å². The Labute approximate surface area is 322 Å². The fourth-order valence-electron chi connectivity index (χ4n) is 5.87. The molecule has 3 fully saturated rings. The van der Waals surface area contributed by atoms with E-state index in [1.54, 1.807) is 19.1 Å². The number of ether oxygens (including phenoxy) is 2. The Balaban J connectivity index is 0.000000232. The molecule has 0 radical (unpaired) electrons. The van der Waals surface area contributed by atoms with Crippen LogP contribution in [0, 0.1) is 6.92 Å². The summed E-state index contributed by atoms with van der Waals surface area (Å²) in [6, 6.07) is 8.77. The standard InChI is InChI=1S/C15H21NO5S.C14H18BrNO5S.C3H9B3O3/c1-11-8-12(15(18)21-2)10-14(9-11)22(19,20)16-6-3-4-13(17)5-7-16;1-21-14(18)10-7-11(15)9-13(8-10)22(19,20)16-5-2-3-12(17)4-6-16;1-4-7-5(2)9-6(3)8-4/h8-10,13,17H,3-7H2,1-2H3;7-9,12,17H,2-6H2,1H3;1-3H3. The number of aliphatic hydroxyl groups excluding tert-OH is 2. The summed E-state index contributed by atoms with van der Waals surface area (Å²) in [7, 11) is -5.30.